The van der Waals surface area contributed by atoms with Crippen molar-refractivity contribution in [2.75, 3.05) is 25.6 Å². The van der Waals surface area contributed by atoms with Gasteiger partial charge in [0.05, 0.1) is 29.5 Å². The average Bonchev–Trinajstić information content (AvgIpc) is 2.83. The van der Waals surface area contributed by atoms with Crippen LogP contribution < -0.4 is 5.73 Å². The van der Waals surface area contributed by atoms with Crippen molar-refractivity contribution in [2.24, 2.45) is 5.92 Å². The summed E-state index contributed by atoms with van der Waals surface area (Å²) in [6.45, 7) is 1.66. The highest BCUT2D eigenvalue weighted by Crippen LogP contribution is 2.28. The van der Waals surface area contributed by atoms with Crippen LogP contribution in [-0.2, 0) is 9.47 Å². The molecule has 0 aliphatic carbocycles. The number of nitrogen functional groups attached to an aromatic ring is 1. The Bertz CT molecular complexity index is 459. The molecule has 0 aromatic heterocycles. The Morgan fingerprint density at radius 2 is 2.28 bits per heavy atom. The molecule has 1 aromatic rings. The van der Waals surface area contributed by atoms with Crippen molar-refractivity contribution in [1.82, 2.24) is 0 Å². The summed E-state index contributed by atoms with van der Waals surface area (Å²) >= 11 is 11.7. The summed E-state index contributed by atoms with van der Waals surface area (Å²) < 4.78 is 10.4. The minimum Gasteiger partial charge on any atom is -0.462 e. The third-order valence-corrected chi connectivity index (χ3v) is 3.32. The molecular weight excluding hydrogens is 277 g/mol. The van der Waals surface area contributed by atoms with Crippen LogP contribution in [0.25, 0.3) is 0 Å². The van der Waals surface area contributed by atoms with Gasteiger partial charge in [0.2, 0.25) is 0 Å². The van der Waals surface area contributed by atoms with E-state index in [-0.39, 0.29) is 22.2 Å². The molecule has 6 heteroatoms. The third-order valence-electron chi connectivity index (χ3n) is 2.79. The summed E-state index contributed by atoms with van der Waals surface area (Å²) in [5.41, 5.74) is 6.11. The molecule has 1 aliphatic heterocycles. The second-order valence-electron chi connectivity index (χ2n) is 4.18. The Morgan fingerprint density at radius 1 is 1.50 bits per heavy atom. The first-order valence-electron chi connectivity index (χ1n) is 5.57. The van der Waals surface area contributed by atoms with Crippen LogP contribution in [0.4, 0.5) is 5.69 Å². The molecular formula is C12H13Cl2NO3. The molecule has 0 saturated carbocycles. The summed E-state index contributed by atoms with van der Waals surface area (Å²) in [5, 5.41) is 0.601. The fourth-order valence-electron chi connectivity index (χ4n) is 1.74. The highest BCUT2D eigenvalue weighted by atomic mass is 35.5. The quantitative estimate of drug-likeness (QED) is 0.687. The van der Waals surface area contributed by atoms with Crippen molar-refractivity contribution >= 4 is 34.9 Å². The maximum Gasteiger partial charge on any atom is 0.340 e. The minimum atomic E-state index is -0.510. The van der Waals surface area contributed by atoms with Gasteiger partial charge in [0, 0.05) is 17.5 Å². The summed E-state index contributed by atoms with van der Waals surface area (Å²) in [6.07, 6.45) is 0.902. The monoisotopic (exact) mass is 289 g/mol. The van der Waals surface area contributed by atoms with Crippen LogP contribution in [-0.4, -0.2) is 25.8 Å². The van der Waals surface area contributed by atoms with Crippen molar-refractivity contribution in [3.63, 3.8) is 0 Å². The van der Waals surface area contributed by atoms with Crippen molar-refractivity contribution in [1.29, 1.82) is 0 Å². The van der Waals surface area contributed by atoms with E-state index < -0.39 is 5.97 Å². The van der Waals surface area contributed by atoms with Gasteiger partial charge in [-0.15, -0.1) is 0 Å². The fourth-order valence-corrected chi connectivity index (χ4v) is 2.23. The summed E-state index contributed by atoms with van der Waals surface area (Å²) in [6, 6.07) is 2.94. The Labute approximate surface area is 115 Å². The van der Waals surface area contributed by atoms with Gasteiger partial charge in [-0.3, -0.25) is 0 Å². The van der Waals surface area contributed by atoms with Gasteiger partial charge in [0.1, 0.15) is 0 Å². The maximum atomic E-state index is 11.9. The molecule has 1 aromatic carbocycles. The number of anilines is 1. The van der Waals surface area contributed by atoms with E-state index in [1.807, 2.05) is 0 Å². The second kappa shape index (κ2) is 5.78. The Hall–Kier alpha value is -0.970. The number of halogens is 2. The van der Waals surface area contributed by atoms with E-state index in [1.165, 1.54) is 12.1 Å². The molecule has 1 aliphatic rings. The lowest BCUT2D eigenvalue weighted by Crippen LogP contribution is -2.15. The highest BCUT2D eigenvalue weighted by Gasteiger charge is 2.20. The topological polar surface area (TPSA) is 61.6 Å². The number of hydrogen-bond donors (Lipinski definition) is 1. The SMILES string of the molecule is Nc1c(Cl)cc(Cl)cc1C(=O)OCC1CCOC1. The Morgan fingerprint density at radius 3 is 2.94 bits per heavy atom. The van der Waals surface area contributed by atoms with E-state index in [1.54, 1.807) is 0 Å². The van der Waals surface area contributed by atoms with Crippen LogP contribution in [0.3, 0.4) is 0 Å². The smallest absolute Gasteiger partial charge is 0.340 e. The maximum absolute atomic E-state index is 11.9. The first-order valence-corrected chi connectivity index (χ1v) is 6.33. The van der Waals surface area contributed by atoms with Crippen LogP contribution in [0.2, 0.25) is 10.0 Å². The van der Waals surface area contributed by atoms with Gasteiger partial charge in [0.15, 0.2) is 0 Å². The molecule has 0 spiro atoms. The molecule has 1 saturated heterocycles. The van der Waals surface area contributed by atoms with E-state index in [4.69, 9.17) is 38.4 Å². The molecule has 1 heterocycles. The lowest BCUT2D eigenvalue weighted by molar-refractivity contribution is 0.0429. The van der Waals surface area contributed by atoms with Crippen LogP contribution in [0.1, 0.15) is 16.8 Å². The van der Waals surface area contributed by atoms with Gasteiger partial charge < -0.3 is 15.2 Å². The molecule has 4 nitrogen and oxygen atoms in total. The molecule has 0 bridgehead atoms. The van der Waals surface area contributed by atoms with Crippen LogP contribution in [0.15, 0.2) is 12.1 Å². The van der Waals surface area contributed by atoms with Gasteiger partial charge in [0.25, 0.3) is 0 Å². The zero-order valence-electron chi connectivity index (χ0n) is 9.62. The van der Waals surface area contributed by atoms with Gasteiger partial charge in [-0.05, 0) is 18.6 Å². The number of rotatable bonds is 3. The summed E-state index contributed by atoms with van der Waals surface area (Å²) in [4.78, 5) is 11.9. The number of ether oxygens (including phenoxy) is 2. The molecule has 98 valence electrons. The molecule has 1 unspecified atom stereocenters. The first kappa shape index (κ1) is 13.5. The summed E-state index contributed by atoms with van der Waals surface area (Å²) in [7, 11) is 0. The van der Waals surface area contributed by atoms with Gasteiger partial charge in [-0.1, -0.05) is 23.2 Å². The van der Waals surface area contributed by atoms with E-state index in [9.17, 15) is 4.79 Å². The van der Waals surface area contributed by atoms with Gasteiger partial charge >= 0.3 is 5.97 Å². The molecule has 0 radical (unpaired) electrons. The van der Waals surface area contributed by atoms with Crippen molar-refractivity contribution in [2.45, 2.75) is 6.42 Å². The van der Waals surface area contributed by atoms with Crippen LogP contribution in [0, 0.1) is 5.92 Å². The van der Waals surface area contributed by atoms with Gasteiger partial charge in [-0.2, -0.15) is 0 Å². The van der Waals surface area contributed by atoms with Crippen LogP contribution in [0.5, 0.6) is 0 Å². The summed E-state index contributed by atoms with van der Waals surface area (Å²) in [5.74, 6) is -0.256. The zero-order chi connectivity index (χ0) is 13.1. The molecule has 0 amide bonds. The highest BCUT2D eigenvalue weighted by molar-refractivity contribution is 6.37. The van der Waals surface area contributed by atoms with E-state index in [0.717, 1.165) is 6.42 Å². The lowest BCUT2D eigenvalue weighted by atomic mass is 10.1. The predicted octanol–water partition coefficient (Wildman–Crippen LogP) is 2.77. The molecule has 18 heavy (non-hydrogen) atoms. The average molecular weight is 290 g/mol. The minimum absolute atomic E-state index is 0.189. The fraction of sp³-hybridized carbons (Fsp3) is 0.417. The van der Waals surface area contributed by atoms with Crippen LogP contribution >= 0.6 is 23.2 Å². The number of hydrogen-bond acceptors (Lipinski definition) is 4. The number of nitrogens with two attached hydrogens (primary N) is 1. The first-order chi connectivity index (χ1) is 8.58. The number of carbonyl (C=O) groups is 1. The third kappa shape index (κ3) is 3.07. The Balaban J connectivity index is 2.04. The van der Waals surface area contributed by atoms with E-state index in [0.29, 0.717) is 24.8 Å². The Kier molecular flexibility index (Phi) is 4.32. The van der Waals surface area contributed by atoms with Crippen molar-refractivity contribution in [3.05, 3.63) is 27.7 Å². The van der Waals surface area contributed by atoms with Crippen molar-refractivity contribution < 1.29 is 14.3 Å². The number of carbonyl (C=O) groups excluding carboxylic acids is 1. The van der Waals surface area contributed by atoms with E-state index in [2.05, 4.69) is 0 Å². The largest absolute Gasteiger partial charge is 0.462 e. The standard InChI is InChI=1S/C12H13Cl2NO3/c13-8-3-9(11(15)10(14)4-8)12(16)18-6-7-1-2-17-5-7/h3-4,7H,1-2,5-6,15H2. The second-order valence-corrected chi connectivity index (χ2v) is 5.02. The van der Waals surface area contributed by atoms with Gasteiger partial charge in [-0.25, -0.2) is 4.79 Å². The molecule has 1 atom stereocenters. The molecule has 2 rings (SSSR count). The number of esters is 1. The molecule has 2 N–H and O–H groups in total. The molecule has 1 fully saturated rings. The zero-order valence-corrected chi connectivity index (χ0v) is 11.1. The predicted molar refractivity (Wildman–Crippen MR) is 70.1 cm³/mol. The van der Waals surface area contributed by atoms with E-state index >= 15 is 0 Å². The number of benzene rings is 1. The normalized spacial score (nSPS) is 18.9. The lowest BCUT2D eigenvalue weighted by Gasteiger charge is -2.11. The van der Waals surface area contributed by atoms with Crippen molar-refractivity contribution in [3.8, 4) is 0 Å².